The highest BCUT2D eigenvalue weighted by molar-refractivity contribution is 7.55. The Morgan fingerprint density at radius 2 is 1.35 bits per heavy atom. The van der Waals surface area contributed by atoms with Crippen molar-refractivity contribution >= 4 is 36.9 Å². The van der Waals surface area contributed by atoms with Crippen LogP contribution >= 0.6 is 30.8 Å². The van der Waals surface area contributed by atoms with Crippen molar-refractivity contribution in [1.82, 2.24) is 5.32 Å². The van der Waals surface area contributed by atoms with Crippen LogP contribution in [0, 0.1) is 5.92 Å². The van der Waals surface area contributed by atoms with E-state index in [0.29, 0.717) is 16.5 Å². The molecule has 0 fully saturated rings. The van der Waals surface area contributed by atoms with Gasteiger partial charge in [0.05, 0.1) is 0 Å². The summed E-state index contributed by atoms with van der Waals surface area (Å²) in [4.78, 5) is 12.6. The predicted molar refractivity (Wildman–Crippen MR) is 135 cm³/mol. The van der Waals surface area contributed by atoms with Crippen LogP contribution < -0.4 is 14.4 Å². The maximum atomic E-state index is 14.2. The van der Waals surface area contributed by atoms with Crippen LogP contribution in [-0.4, -0.2) is 11.9 Å². The number of benzene rings is 3. The van der Waals surface area contributed by atoms with E-state index in [9.17, 15) is 9.36 Å². The average molecular weight is 522 g/mol. The number of nitrogens with one attached hydrogen (secondary N) is 1. The number of hydrogen-bond donors (Lipinski definition) is 1. The number of amides is 1. The van der Waals surface area contributed by atoms with Crippen LogP contribution in [0.5, 0.6) is 11.5 Å². The number of hydrogen-bond acceptors (Lipinski definition) is 5. The molecule has 0 saturated carbocycles. The molecule has 0 saturated heterocycles. The van der Waals surface area contributed by atoms with E-state index >= 15 is 0 Å². The molecule has 3 aromatic rings. The van der Waals surface area contributed by atoms with Crippen LogP contribution in [-0.2, 0) is 15.9 Å². The molecule has 9 heteroatoms. The summed E-state index contributed by atoms with van der Waals surface area (Å²) in [6, 6.07) is 22.1. The van der Waals surface area contributed by atoms with Gasteiger partial charge in [-0.1, -0.05) is 67.4 Å². The van der Waals surface area contributed by atoms with Crippen molar-refractivity contribution in [2.45, 2.75) is 32.7 Å². The third kappa shape index (κ3) is 7.98. The Hall–Kier alpha value is -2.66. The molecular formula is C25H26Cl2NO5P. The second kappa shape index (κ2) is 12.2. The van der Waals surface area contributed by atoms with Crippen molar-refractivity contribution in [3.05, 3.63) is 94.5 Å². The van der Waals surface area contributed by atoms with Gasteiger partial charge in [0.15, 0.2) is 5.78 Å². The summed E-state index contributed by atoms with van der Waals surface area (Å²) in [5.41, 5.74) is 0.830. The highest BCUT2D eigenvalue weighted by Crippen LogP contribution is 2.54. The third-order valence-corrected chi connectivity index (χ3v) is 7.20. The van der Waals surface area contributed by atoms with Gasteiger partial charge in [-0.25, -0.2) is 9.36 Å². The topological polar surface area (TPSA) is 73.9 Å². The van der Waals surface area contributed by atoms with Gasteiger partial charge in [0, 0.05) is 10.0 Å². The molecule has 6 nitrogen and oxygen atoms in total. The Kier molecular flexibility index (Phi) is 9.28. The highest BCUT2D eigenvalue weighted by atomic mass is 35.5. The minimum absolute atomic E-state index is 0.0652. The quantitative estimate of drug-likeness (QED) is 0.274. The van der Waals surface area contributed by atoms with Crippen LogP contribution in [0.15, 0.2) is 78.9 Å². The van der Waals surface area contributed by atoms with E-state index < -0.39 is 19.5 Å². The lowest BCUT2D eigenvalue weighted by atomic mass is 10.1. The smallest absolute Gasteiger partial charge is 0.445 e. The molecule has 0 aliphatic carbocycles. The van der Waals surface area contributed by atoms with Gasteiger partial charge in [-0.2, -0.15) is 0 Å². The molecular weight excluding hydrogens is 496 g/mol. The normalized spacial score (nSPS) is 12.1. The molecule has 1 unspecified atom stereocenters. The first-order valence-corrected chi connectivity index (χ1v) is 13.1. The summed E-state index contributed by atoms with van der Waals surface area (Å²) in [6.45, 7) is 3.96. The van der Waals surface area contributed by atoms with Crippen molar-refractivity contribution in [1.29, 1.82) is 0 Å². The van der Waals surface area contributed by atoms with Gasteiger partial charge in [0.2, 0.25) is 0 Å². The van der Waals surface area contributed by atoms with Crippen LogP contribution in [0.1, 0.15) is 25.8 Å². The zero-order valence-electron chi connectivity index (χ0n) is 18.8. The van der Waals surface area contributed by atoms with E-state index in [4.69, 9.17) is 37.0 Å². The van der Waals surface area contributed by atoms with Crippen LogP contribution in [0.3, 0.4) is 0 Å². The van der Waals surface area contributed by atoms with Crippen LogP contribution in [0.25, 0.3) is 0 Å². The predicted octanol–water partition coefficient (Wildman–Crippen LogP) is 7.94. The van der Waals surface area contributed by atoms with E-state index in [-0.39, 0.29) is 24.0 Å². The fraction of sp³-hybridized carbons (Fsp3) is 0.240. The molecule has 1 atom stereocenters. The maximum absolute atomic E-state index is 14.2. The SMILES string of the molecule is CC(C)CC(NC(=O)OCc1ccccc1)P(=O)(Oc1ccc(Cl)cc1)Oc1ccc(Cl)cc1. The Morgan fingerprint density at radius 3 is 1.82 bits per heavy atom. The lowest BCUT2D eigenvalue weighted by molar-refractivity contribution is 0.136. The molecule has 3 aromatic carbocycles. The second-order valence-corrected chi connectivity index (χ2v) is 10.9. The van der Waals surface area contributed by atoms with Gasteiger partial charge < -0.3 is 19.1 Å². The highest BCUT2D eigenvalue weighted by Gasteiger charge is 2.41. The van der Waals surface area contributed by atoms with Crippen molar-refractivity contribution in [2.75, 3.05) is 0 Å². The van der Waals surface area contributed by atoms with Crippen molar-refractivity contribution in [3.63, 3.8) is 0 Å². The van der Waals surface area contributed by atoms with Crippen molar-refractivity contribution < 1.29 is 23.1 Å². The fourth-order valence-electron chi connectivity index (χ4n) is 3.05. The zero-order chi connectivity index (χ0) is 24.6. The Labute approximate surface area is 209 Å². The molecule has 180 valence electrons. The van der Waals surface area contributed by atoms with E-state index in [1.54, 1.807) is 48.5 Å². The molecule has 0 aromatic heterocycles. The van der Waals surface area contributed by atoms with E-state index in [2.05, 4.69) is 5.32 Å². The first-order chi connectivity index (χ1) is 16.2. The molecule has 0 radical (unpaired) electrons. The van der Waals surface area contributed by atoms with Gasteiger partial charge in [-0.05, 0) is 66.4 Å². The molecule has 34 heavy (non-hydrogen) atoms. The Bertz CT molecular complexity index is 1060. The fourth-order valence-corrected chi connectivity index (χ4v) is 5.36. The summed E-state index contributed by atoms with van der Waals surface area (Å²) in [7, 11) is -4.01. The number of ether oxygens (including phenoxy) is 1. The van der Waals surface area contributed by atoms with Crippen molar-refractivity contribution in [3.8, 4) is 11.5 Å². The minimum Gasteiger partial charge on any atom is -0.445 e. The molecule has 0 aliphatic rings. The number of carbonyl (C=O) groups excluding carboxylic acids is 1. The monoisotopic (exact) mass is 521 g/mol. The number of rotatable bonds is 10. The van der Waals surface area contributed by atoms with Gasteiger partial charge in [-0.15, -0.1) is 0 Å². The lowest BCUT2D eigenvalue weighted by Gasteiger charge is -2.29. The second-order valence-electron chi connectivity index (χ2n) is 7.98. The lowest BCUT2D eigenvalue weighted by Crippen LogP contribution is -2.38. The van der Waals surface area contributed by atoms with Crippen LogP contribution in [0.2, 0.25) is 10.0 Å². The standard InChI is InChI=1S/C25H26Cl2NO5P/c1-18(2)16-24(28-25(29)31-17-19-6-4-3-5-7-19)34(30,32-22-12-8-20(26)9-13-22)33-23-14-10-21(27)11-15-23/h3-15,18,24H,16-17H2,1-2H3,(H,28,29). The van der Waals surface area contributed by atoms with E-state index in [0.717, 1.165) is 5.56 Å². The summed E-state index contributed by atoms with van der Waals surface area (Å²) in [5, 5.41) is 3.70. The summed E-state index contributed by atoms with van der Waals surface area (Å²) in [5.74, 6) is -0.345. The molecule has 0 bridgehead atoms. The van der Waals surface area contributed by atoms with Crippen molar-refractivity contribution in [2.24, 2.45) is 5.92 Å². The zero-order valence-corrected chi connectivity index (χ0v) is 21.2. The minimum atomic E-state index is -4.01. The molecule has 1 N–H and O–H groups in total. The van der Waals surface area contributed by atoms with E-state index in [1.165, 1.54) is 0 Å². The summed E-state index contributed by atoms with van der Waals surface area (Å²) >= 11 is 11.9. The van der Waals surface area contributed by atoms with Crippen LogP contribution in [0.4, 0.5) is 4.79 Å². The van der Waals surface area contributed by atoms with Gasteiger partial charge in [0.1, 0.15) is 18.1 Å². The summed E-state index contributed by atoms with van der Waals surface area (Å²) < 4.78 is 31.3. The molecule has 0 aliphatic heterocycles. The third-order valence-electron chi connectivity index (χ3n) is 4.67. The molecule has 1 amide bonds. The first-order valence-electron chi connectivity index (χ1n) is 10.7. The number of carbonyl (C=O) groups is 1. The molecule has 0 heterocycles. The van der Waals surface area contributed by atoms with Gasteiger partial charge >= 0.3 is 13.7 Å². The number of alkyl carbamates (subject to hydrolysis) is 1. The maximum Gasteiger partial charge on any atom is 0.453 e. The summed E-state index contributed by atoms with van der Waals surface area (Å²) in [6.07, 6.45) is -0.409. The van der Waals surface area contributed by atoms with E-state index in [1.807, 2.05) is 44.2 Å². The van der Waals surface area contributed by atoms with Gasteiger partial charge in [0.25, 0.3) is 0 Å². The Balaban J connectivity index is 1.85. The van der Waals surface area contributed by atoms with Gasteiger partial charge in [-0.3, -0.25) is 0 Å². The average Bonchev–Trinajstić information content (AvgIpc) is 2.81. The Morgan fingerprint density at radius 1 is 0.853 bits per heavy atom. The molecule has 0 spiro atoms. The largest absolute Gasteiger partial charge is 0.453 e. The molecule has 3 rings (SSSR count). The number of halogens is 2. The first kappa shape index (κ1) is 26.0.